The number of H-pyrrole nitrogens is 1. The number of carbonyl (C=O) groups is 2. The first-order chi connectivity index (χ1) is 14.7. The molecule has 30 heavy (non-hydrogen) atoms. The third-order valence-electron chi connectivity index (χ3n) is 4.42. The van der Waals surface area contributed by atoms with Crippen LogP contribution in [0.3, 0.4) is 0 Å². The standard InChI is InChI=1S/C22H18N4O3S/c1-29-22(28)15-8-5-9-16(10-15)26-18(27)12-30-21-20-19(24-13-25-21)17(11-23-20)14-6-3-2-4-7-14/h2-11,13,23H,12H2,1H3,(H,26,27). The van der Waals surface area contributed by atoms with E-state index in [9.17, 15) is 9.59 Å². The summed E-state index contributed by atoms with van der Waals surface area (Å²) in [5.41, 5.74) is 4.55. The molecular weight excluding hydrogens is 400 g/mol. The molecule has 0 fully saturated rings. The van der Waals surface area contributed by atoms with E-state index in [-0.39, 0.29) is 11.7 Å². The highest BCUT2D eigenvalue weighted by molar-refractivity contribution is 8.00. The van der Waals surface area contributed by atoms with Crippen LogP contribution in [-0.2, 0) is 9.53 Å². The van der Waals surface area contributed by atoms with Crippen LogP contribution in [0.1, 0.15) is 10.4 Å². The van der Waals surface area contributed by atoms with Gasteiger partial charge in [-0.05, 0) is 23.8 Å². The lowest BCUT2D eigenvalue weighted by molar-refractivity contribution is -0.113. The lowest BCUT2D eigenvalue weighted by Crippen LogP contribution is -2.14. The van der Waals surface area contributed by atoms with Crippen molar-refractivity contribution < 1.29 is 14.3 Å². The second kappa shape index (κ2) is 8.79. The highest BCUT2D eigenvalue weighted by Gasteiger charge is 2.14. The Bertz CT molecular complexity index is 1210. The maximum absolute atomic E-state index is 12.4. The van der Waals surface area contributed by atoms with E-state index < -0.39 is 5.97 Å². The predicted octanol–water partition coefficient (Wildman–Crippen LogP) is 4.14. The number of hydrogen-bond acceptors (Lipinski definition) is 6. The van der Waals surface area contributed by atoms with Crippen LogP contribution in [0.25, 0.3) is 22.2 Å². The Morgan fingerprint density at radius 1 is 1.10 bits per heavy atom. The fraction of sp³-hybridized carbons (Fsp3) is 0.0909. The lowest BCUT2D eigenvalue weighted by Gasteiger charge is -2.07. The SMILES string of the molecule is COC(=O)c1cccc(NC(=O)CSc2ncnc3c(-c4ccccc4)c[nH]c23)c1. The Morgan fingerprint density at radius 3 is 2.73 bits per heavy atom. The van der Waals surface area contributed by atoms with Crippen molar-refractivity contribution in [2.24, 2.45) is 0 Å². The number of anilines is 1. The number of nitrogens with one attached hydrogen (secondary N) is 2. The van der Waals surface area contributed by atoms with Crippen molar-refractivity contribution in [1.82, 2.24) is 15.0 Å². The molecule has 0 radical (unpaired) electrons. The third kappa shape index (κ3) is 4.18. The van der Waals surface area contributed by atoms with Crippen molar-refractivity contribution in [2.45, 2.75) is 5.03 Å². The smallest absolute Gasteiger partial charge is 0.337 e. The van der Waals surface area contributed by atoms with Crippen LogP contribution in [0, 0.1) is 0 Å². The minimum Gasteiger partial charge on any atom is -0.465 e. The monoisotopic (exact) mass is 418 g/mol. The topological polar surface area (TPSA) is 97.0 Å². The van der Waals surface area contributed by atoms with Crippen LogP contribution in [0.5, 0.6) is 0 Å². The number of ether oxygens (including phenoxy) is 1. The molecule has 0 spiro atoms. The molecule has 2 heterocycles. The Hall–Kier alpha value is -3.65. The summed E-state index contributed by atoms with van der Waals surface area (Å²) in [6, 6.07) is 16.6. The fourth-order valence-corrected chi connectivity index (χ4v) is 3.80. The number of esters is 1. The van der Waals surface area contributed by atoms with E-state index in [2.05, 4.69) is 20.3 Å². The van der Waals surface area contributed by atoms with Crippen LogP contribution < -0.4 is 5.32 Å². The highest BCUT2D eigenvalue weighted by Crippen LogP contribution is 2.31. The van der Waals surface area contributed by atoms with E-state index in [4.69, 9.17) is 4.74 Å². The van der Waals surface area contributed by atoms with E-state index in [1.54, 1.807) is 24.3 Å². The number of nitrogens with zero attached hydrogens (tertiary/aromatic N) is 2. The van der Waals surface area contributed by atoms with Crippen molar-refractivity contribution in [3.05, 3.63) is 72.7 Å². The summed E-state index contributed by atoms with van der Waals surface area (Å²) in [6.45, 7) is 0. The number of benzene rings is 2. The molecule has 4 aromatic rings. The first-order valence-electron chi connectivity index (χ1n) is 9.14. The second-order valence-corrected chi connectivity index (χ2v) is 7.34. The highest BCUT2D eigenvalue weighted by atomic mass is 32.2. The van der Waals surface area contributed by atoms with Crippen LogP contribution in [0.2, 0.25) is 0 Å². The molecule has 0 aliphatic heterocycles. The molecule has 8 heteroatoms. The molecule has 0 aliphatic rings. The molecule has 1 amide bonds. The summed E-state index contributed by atoms with van der Waals surface area (Å²) >= 11 is 1.31. The molecule has 2 aromatic carbocycles. The van der Waals surface area contributed by atoms with Gasteiger partial charge in [-0.2, -0.15) is 0 Å². The first-order valence-corrected chi connectivity index (χ1v) is 10.1. The average Bonchev–Trinajstić information content (AvgIpc) is 3.22. The van der Waals surface area contributed by atoms with Crippen molar-refractivity contribution in [1.29, 1.82) is 0 Å². The Balaban J connectivity index is 1.47. The van der Waals surface area contributed by atoms with Gasteiger partial charge in [-0.15, -0.1) is 0 Å². The van der Waals surface area contributed by atoms with Gasteiger partial charge in [0, 0.05) is 17.4 Å². The number of aromatic nitrogens is 3. The van der Waals surface area contributed by atoms with Crippen LogP contribution in [0.15, 0.2) is 72.1 Å². The van der Waals surface area contributed by atoms with Crippen LogP contribution >= 0.6 is 11.8 Å². The number of methoxy groups -OCH3 is 1. The minimum absolute atomic E-state index is 0.161. The Morgan fingerprint density at radius 2 is 1.93 bits per heavy atom. The van der Waals surface area contributed by atoms with Crippen molar-refractivity contribution in [2.75, 3.05) is 18.2 Å². The summed E-state index contributed by atoms with van der Waals surface area (Å²) < 4.78 is 4.70. The largest absolute Gasteiger partial charge is 0.465 e. The molecule has 7 nitrogen and oxygen atoms in total. The van der Waals surface area contributed by atoms with Gasteiger partial charge in [0.25, 0.3) is 0 Å². The molecule has 2 N–H and O–H groups in total. The minimum atomic E-state index is -0.454. The first kappa shape index (κ1) is 19.7. The van der Waals surface area contributed by atoms with Gasteiger partial charge in [0.15, 0.2) is 0 Å². The zero-order valence-electron chi connectivity index (χ0n) is 16.1. The lowest BCUT2D eigenvalue weighted by atomic mass is 10.1. The molecule has 2 aromatic heterocycles. The molecular formula is C22H18N4O3S. The number of fused-ring (bicyclic) bond motifs is 1. The van der Waals surface area contributed by atoms with Crippen molar-refractivity contribution in [3.8, 4) is 11.1 Å². The number of thioether (sulfide) groups is 1. The number of aromatic amines is 1. The predicted molar refractivity (Wildman–Crippen MR) is 116 cm³/mol. The van der Waals surface area contributed by atoms with Gasteiger partial charge in [-0.1, -0.05) is 48.2 Å². The number of amides is 1. The van der Waals surface area contributed by atoms with Gasteiger partial charge in [0.1, 0.15) is 16.9 Å². The quantitative estimate of drug-likeness (QED) is 0.277. The number of carbonyl (C=O) groups excluding carboxylic acids is 2. The number of hydrogen-bond donors (Lipinski definition) is 2. The summed E-state index contributed by atoms with van der Waals surface area (Å²) in [5, 5.41) is 3.48. The fourth-order valence-electron chi connectivity index (χ4n) is 3.04. The van der Waals surface area contributed by atoms with E-state index in [1.807, 2.05) is 36.5 Å². The van der Waals surface area contributed by atoms with E-state index >= 15 is 0 Å². The summed E-state index contributed by atoms with van der Waals surface area (Å²) in [4.78, 5) is 36.0. The molecule has 0 bridgehead atoms. The van der Waals surface area contributed by atoms with E-state index in [0.29, 0.717) is 16.3 Å². The molecule has 0 aliphatic carbocycles. The number of rotatable bonds is 6. The van der Waals surface area contributed by atoms with Gasteiger partial charge in [-0.25, -0.2) is 14.8 Å². The Kier molecular flexibility index (Phi) is 5.76. The van der Waals surface area contributed by atoms with Gasteiger partial charge in [0.05, 0.1) is 23.9 Å². The molecule has 0 atom stereocenters. The van der Waals surface area contributed by atoms with Crippen LogP contribution in [-0.4, -0.2) is 39.7 Å². The average molecular weight is 418 g/mol. The molecule has 0 saturated carbocycles. The van der Waals surface area contributed by atoms with Gasteiger partial charge in [-0.3, -0.25) is 4.79 Å². The van der Waals surface area contributed by atoms with Gasteiger partial charge >= 0.3 is 5.97 Å². The Labute approximate surface area is 176 Å². The van der Waals surface area contributed by atoms with E-state index in [0.717, 1.165) is 22.2 Å². The zero-order valence-corrected chi connectivity index (χ0v) is 16.9. The van der Waals surface area contributed by atoms with E-state index in [1.165, 1.54) is 25.2 Å². The van der Waals surface area contributed by atoms with Crippen molar-refractivity contribution in [3.63, 3.8) is 0 Å². The van der Waals surface area contributed by atoms with Gasteiger partial charge in [0.2, 0.25) is 5.91 Å². The van der Waals surface area contributed by atoms with Gasteiger partial charge < -0.3 is 15.0 Å². The summed E-state index contributed by atoms with van der Waals surface area (Å²) in [7, 11) is 1.32. The normalized spacial score (nSPS) is 10.7. The van der Waals surface area contributed by atoms with Crippen LogP contribution in [0.4, 0.5) is 5.69 Å². The van der Waals surface area contributed by atoms with Crippen molar-refractivity contribution >= 4 is 40.4 Å². The third-order valence-corrected chi connectivity index (χ3v) is 5.41. The maximum atomic E-state index is 12.4. The molecule has 4 rings (SSSR count). The zero-order chi connectivity index (χ0) is 20.9. The molecule has 150 valence electrons. The summed E-state index contributed by atoms with van der Waals surface area (Å²) in [6.07, 6.45) is 3.40. The molecule has 0 unspecified atom stereocenters. The summed E-state index contributed by atoms with van der Waals surface area (Å²) in [5.74, 6) is -0.498. The molecule has 0 saturated heterocycles. The maximum Gasteiger partial charge on any atom is 0.337 e. The second-order valence-electron chi connectivity index (χ2n) is 6.38.